The first kappa shape index (κ1) is 11.5. The van der Waals surface area contributed by atoms with Crippen molar-refractivity contribution in [1.29, 1.82) is 0 Å². The van der Waals surface area contributed by atoms with Crippen LogP contribution in [0.15, 0.2) is 30.3 Å². The van der Waals surface area contributed by atoms with E-state index in [0.29, 0.717) is 6.61 Å². The van der Waals surface area contributed by atoms with Gasteiger partial charge in [0.1, 0.15) is 0 Å². The van der Waals surface area contributed by atoms with Crippen LogP contribution in [-0.4, -0.2) is 12.6 Å². The molecule has 1 aromatic carbocycles. The second-order valence-corrected chi connectivity index (χ2v) is 2.34. The molecule has 0 spiro atoms. The zero-order valence-electron chi connectivity index (χ0n) is 7.99. The van der Waals surface area contributed by atoms with E-state index in [9.17, 15) is 4.79 Å². The van der Waals surface area contributed by atoms with E-state index in [-0.39, 0.29) is 5.97 Å². The molecule has 0 aliphatic rings. The summed E-state index contributed by atoms with van der Waals surface area (Å²) in [7, 11) is 0. The van der Waals surface area contributed by atoms with E-state index in [4.69, 9.17) is 5.73 Å². The number of carbonyl (C=O) groups is 1. The van der Waals surface area contributed by atoms with Crippen LogP contribution in [0.4, 0.5) is 5.69 Å². The monoisotopic (exact) mass is 181 g/mol. The number of ether oxygens (including phenoxy) is 1. The molecule has 13 heavy (non-hydrogen) atoms. The van der Waals surface area contributed by atoms with Crippen molar-refractivity contribution >= 4 is 11.7 Å². The average Bonchev–Trinajstić information content (AvgIpc) is 2.06. The maximum Gasteiger partial charge on any atom is 0.302 e. The van der Waals surface area contributed by atoms with Crippen molar-refractivity contribution < 1.29 is 9.53 Å². The second kappa shape index (κ2) is 7.16. The third kappa shape index (κ3) is 8.40. The number of hydrogen-bond donors (Lipinski definition) is 1. The number of para-hydroxylation sites is 1. The Hall–Kier alpha value is -1.51. The van der Waals surface area contributed by atoms with Gasteiger partial charge in [-0.2, -0.15) is 0 Å². The van der Waals surface area contributed by atoms with E-state index < -0.39 is 0 Å². The normalized spacial score (nSPS) is 8.15. The summed E-state index contributed by atoms with van der Waals surface area (Å²) >= 11 is 0. The predicted molar refractivity (Wildman–Crippen MR) is 53.2 cm³/mol. The van der Waals surface area contributed by atoms with Gasteiger partial charge >= 0.3 is 5.97 Å². The minimum atomic E-state index is -0.211. The zero-order chi connectivity index (χ0) is 10.1. The third-order valence-electron chi connectivity index (χ3n) is 1.15. The molecular formula is C10H15NO2. The van der Waals surface area contributed by atoms with Gasteiger partial charge in [-0.05, 0) is 19.1 Å². The summed E-state index contributed by atoms with van der Waals surface area (Å²) in [6.45, 7) is 3.65. The zero-order valence-corrected chi connectivity index (χ0v) is 7.99. The highest BCUT2D eigenvalue weighted by Gasteiger charge is 1.81. The van der Waals surface area contributed by atoms with Gasteiger partial charge in [-0.25, -0.2) is 0 Å². The molecule has 0 fully saturated rings. The van der Waals surface area contributed by atoms with Crippen molar-refractivity contribution in [2.75, 3.05) is 12.3 Å². The van der Waals surface area contributed by atoms with Gasteiger partial charge in [0, 0.05) is 12.6 Å². The lowest BCUT2D eigenvalue weighted by Crippen LogP contribution is -1.95. The number of carbonyl (C=O) groups excluding carboxylic acids is 1. The van der Waals surface area contributed by atoms with E-state index in [2.05, 4.69) is 4.74 Å². The Kier molecular flexibility index (Phi) is 6.32. The highest BCUT2D eigenvalue weighted by atomic mass is 16.5. The van der Waals surface area contributed by atoms with Gasteiger partial charge in [0.05, 0.1) is 6.61 Å². The maximum absolute atomic E-state index is 9.82. The second-order valence-electron chi connectivity index (χ2n) is 2.34. The average molecular weight is 181 g/mol. The van der Waals surface area contributed by atoms with E-state index in [1.807, 2.05) is 30.3 Å². The van der Waals surface area contributed by atoms with Gasteiger partial charge in [0.15, 0.2) is 0 Å². The molecule has 0 saturated carbocycles. The molecular weight excluding hydrogens is 166 g/mol. The molecule has 3 nitrogen and oxygen atoms in total. The molecule has 0 aliphatic heterocycles. The Balaban J connectivity index is 0.000000226. The topological polar surface area (TPSA) is 52.3 Å². The molecule has 1 rings (SSSR count). The summed E-state index contributed by atoms with van der Waals surface area (Å²) < 4.78 is 4.40. The van der Waals surface area contributed by atoms with Crippen LogP contribution < -0.4 is 5.73 Å². The molecule has 0 atom stereocenters. The fourth-order valence-corrected chi connectivity index (χ4v) is 0.656. The largest absolute Gasteiger partial charge is 0.466 e. The summed E-state index contributed by atoms with van der Waals surface area (Å²) in [6.07, 6.45) is 0. The van der Waals surface area contributed by atoms with Gasteiger partial charge in [-0.3, -0.25) is 4.79 Å². The standard InChI is InChI=1S/C6H7N.C4H8O2/c7-6-4-2-1-3-5-6;1-3-6-4(2)5/h1-5H,7H2;3H2,1-2H3. The lowest BCUT2D eigenvalue weighted by Gasteiger charge is -1.89. The Labute approximate surface area is 78.5 Å². The summed E-state index contributed by atoms with van der Waals surface area (Å²) in [5.74, 6) is -0.211. The molecule has 0 radical (unpaired) electrons. The lowest BCUT2D eigenvalue weighted by atomic mass is 10.3. The van der Waals surface area contributed by atoms with E-state index in [1.165, 1.54) is 6.92 Å². The van der Waals surface area contributed by atoms with Crippen LogP contribution in [-0.2, 0) is 9.53 Å². The molecule has 1 aromatic rings. The molecule has 0 heterocycles. The van der Waals surface area contributed by atoms with E-state index >= 15 is 0 Å². The van der Waals surface area contributed by atoms with Crippen molar-refractivity contribution in [2.24, 2.45) is 0 Å². The molecule has 0 aliphatic carbocycles. The van der Waals surface area contributed by atoms with Crippen LogP contribution in [0.5, 0.6) is 0 Å². The van der Waals surface area contributed by atoms with Crippen molar-refractivity contribution in [2.45, 2.75) is 13.8 Å². The molecule has 2 N–H and O–H groups in total. The lowest BCUT2D eigenvalue weighted by molar-refractivity contribution is -0.140. The summed E-state index contributed by atoms with van der Waals surface area (Å²) in [6, 6.07) is 9.49. The van der Waals surface area contributed by atoms with Gasteiger partial charge < -0.3 is 10.5 Å². The van der Waals surface area contributed by atoms with Gasteiger partial charge in [0.25, 0.3) is 0 Å². The highest BCUT2D eigenvalue weighted by Crippen LogP contribution is 1.95. The van der Waals surface area contributed by atoms with Crippen molar-refractivity contribution in [3.8, 4) is 0 Å². The maximum atomic E-state index is 9.82. The van der Waals surface area contributed by atoms with Gasteiger partial charge in [-0.1, -0.05) is 18.2 Å². The molecule has 3 heteroatoms. The molecule has 0 saturated heterocycles. The first-order chi connectivity index (χ1) is 6.16. The number of nitrogen functional groups attached to an aromatic ring is 1. The number of hydrogen-bond acceptors (Lipinski definition) is 3. The molecule has 0 aromatic heterocycles. The Bertz CT molecular complexity index is 234. The van der Waals surface area contributed by atoms with E-state index in [0.717, 1.165) is 5.69 Å². The molecule has 0 amide bonds. The fourth-order valence-electron chi connectivity index (χ4n) is 0.656. The Morgan fingerprint density at radius 3 is 2.08 bits per heavy atom. The Morgan fingerprint density at radius 1 is 1.38 bits per heavy atom. The van der Waals surface area contributed by atoms with Crippen LogP contribution in [0.1, 0.15) is 13.8 Å². The first-order valence-corrected chi connectivity index (χ1v) is 4.10. The van der Waals surface area contributed by atoms with Crippen molar-refractivity contribution in [3.63, 3.8) is 0 Å². The number of rotatable bonds is 1. The highest BCUT2D eigenvalue weighted by molar-refractivity contribution is 5.65. The number of benzene rings is 1. The van der Waals surface area contributed by atoms with Gasteiger partial charge in [-0.15, -0.1) is 0 Å². The number of esters is 1. The predicted octanol–water partition coefficient (Wildman–Crippen LogP) is 1.84. The number of anilines is 1. The van der Waals surface area contributed by atoms with Crippen LogP contribution in [0.2, 0.25) is 0 Å². The first-order valence-electron chi connectivity index (χ1n) is 4.10. The Morgan fingerprint density at radius 2 is 1.92 bits per heavy atom. The summed E-state index contributed by atoms with van der Waals surface area (Å²) in [5.41, 5.74) is 6.18. The minimum absolute atomic E-state index is 0.211. The third-order valence-corrected chi connectivity index (χ3v) is 1.15. The summed E-state index contributed by atoms with van der Waals surface area (Å²) in [4.78, 5) is 9.82. The van der Waals surface area contributed by atoms with Crippen LogP contribution in [0.25, 0.3) is 0 Å². The quantitative estimate of drug-likeness (QED) is 0.531. The molecule has 0 unspecified atom stereocenters. The van der Waals surface area contributed by atoms with Gasteiger partial charge in [0.2, 0.25) is 0 Å². The van der Waals surface area contributed by atoms with Crippen LogP contribution in [0, 0.1) is 0 Å². The molecule has 0 bridgehead atoms. The van der Waals surface area contributed by atoms with Crippen molar-refractivity contribution in [3.05, 3.63) is 30.3 Å². The number of nitrogens with two attached hydrogens (primary N) is 1. The van der Waals surface area contributed by atoms with Crippen LogP contribution in [0.3, 0.4) is 0 Å². The van der Waals surface area contributed by atoms with Crippen molar-refractivity contribution in [1.82, 2.24) is 0 Å². The van der Waals surface area contributed by atoms with Crippen LogP contribution >= 0.6 is 0 Å². The summed E-state index contributed by atoms with van der Waals surface area (Å²) in [5, 5.41) is 0. The smallest absolute Gasteiger partial charge is 0.302 e. The molecule has 72 valence electrons. The minimum Gasteiger partial charge on any atom is -0.466 e. The fraction of sp³-hybridized carbons (Fsp3) is 0.300. The SMILES string of the molecule is CCOC(C)=O.Nc1ccccc1. The van der Waals surface area contributed by atoms with E-state index in [1.54, 1.807) is 6.92 Å².